The number of esters is 1. The number of carboxylic acid groups (broad SMARTS) is 2. The summed E-state index contributed by atoms with van der Waals surface area (Å²) in [5.74, 6) is -2.46. The summed E-state index contributed by atoms with van der Waals surface area (Å²) >= 11 is 0. The number of carboxylic acids is 2. The fraction of sp³-hybridized carbons (Fsp3) is 0.700. The zero-order chi connectivity index (χ0) is 13.5. The predicted molar refractivity (Wildman–Crippen MR) is 59.1 cm³/mol. The molecule has 0 aromatic rings. The lowest BCUT2D eigenvalue weighted by molar-refractivity contribution is -0.151. The van der Waals surface area contributed by atoms with Gasteiger partial charge in [0, 0.05) is 19.6 Å². The van der Waals surface area contributed by atoms with Crippen molar-refractivity contribution in [3.8, 4) is 0 Å². The Morgan fingerprint density at radius 2 is 1.89 bits per heavy atom. The first-order valence-corrected chi connectivity index (χ1v) is 5.51. The Hall–Kier alpha value is -1.67. The maximum atomic E-state index is 11.0. The van der Waals surface area contributed by atoms with Crippen LogP contribution in [0, 0.1) is 0 Å². The zero-order valence-electron chi connectivity index (χ0n) is 9.87. The molecule has 102 valence electrons. The number of nitrogens with zero attached hydrogens (tertiary/aromatic N) is 2. The molecule has 0 saturated carbocycles. The van der Waals surface area contributed by atoms with Gasteiger partial charge < -0.3 is 14.9 Å². The summed E-state index contributed by atoms with van der Waals surface area (Å²) in [6.07, 6.45) is 0. The molecule has 18 heavy (non-hydrogen) atoms. The van der Waals surface area contributed by atoms with E-state index in [2.05, 4.69) is 0 Å². The van der Waals surface area contributed by atoms with Crippen molar-refractivity contribution < 1.29 is 29.3 Å². The summed E-state index contributed by atoms with van der Waals surface area (Å²) in [5.41, 5.74) is 0. The van der Waals surface area contributed by atoms with Gasteiger partial charge in [-0.25, -0.2) is 0 Å². The fourth-order valence-corrected chi connectivity index (χ4v) is 1.67. The van der Waals surface area contributed by atoms with Crippen LogP contribution < -0.4 is 0 Å². The van der Waals surface area contributed by atoms with Crippen molar-refractivity contribution in [3.05, 3.63) is 0 Å². The Labute approximate surface area is 104 Å². The number of carbonyl (C=O) groups excluding carboxylic acids is 1. The van der Waals surface area contributed by atoms with Crippen LogP contribution in [-0.4, -0.2) is 83.8 Å². The van der Waals surface area contributed by atoms with Gasteiger partial charge in [-0.05, 0) is 0 Å². The third kappa shape index (κ3) is 5.60. The number of cyclic esters (lactones) is 1. The van der Waals surface area contributed by atoms with Gasteiger partial charge in [0.2, 0.25) is 0 Å². The molecule has 8 heteroatoms. The lowest BCUT2D eigenvalue weighted by atomic mass is 10.3. The minimum Gasteiger partial charge on any atom is -0.480 e. The third-order valence-corrected chi connectivity index (χ3v) is 2.47. The Balaban J connectivity index is 2.37. The number of carbonyl (C=O) groups is 3. The van der Waals surface area contributed by atoms with Crippen LogP contribution in [0.3, 0.4) is 0 Å². The van der Waals surface area contributed by atoms with Crippen LogP contribution in [0.4, 0.5) is 0 Å². The summed E-state index contributed by atoms with van der Waals surface area (Å²) in [5, 5.41) is 17.3. The van der Waals surface area contributed by atoms with Gasteiger partial charge in [-0.3, -0.25) is 24.2 Å². The van der Waals surface area contributed by atoms with E-state index in [9.17, 15) is 14.4 Å². The molecule has 0 aromatic heterocycles. The van der Waals surface area contributed by atoms with Crippen molar-refractivity contribution in [2.75, 3.05) is 45.9 Å². The van der Waals surface area contributed by atoms with E-state index in [4.69, 9.17) is 14.9 Å². The van der Waals surface area contributed by atoms with Crippen LogP contribution in [0.2, 0.25) is 0 Å². The maximum absolute atomic E-state index is 11.0. The second kappa shape index (κ2) is 6.92. The molecule has 0 amide bonds. The Bertz CT molecular complexity index is 316. The van der Waals surface area contributed by atoms with Gasteiger partial charge in [-0.15, -0.1) is 0 Å². The molecule has 0 spiro atoms. The van der Waals surface area contributed by atoms with E-state index in [1.807, 2.05) is 4.90 Å². The normalized spacial score (nSPS) is 16.6. The standard InChI is InChI=1S/C10H16N2O6/c13-8(14)5-12(6-9(15)16)2-1-11-3-4-18-10(17)7-11/h1-7H2,(H,13,14)(H,15,16). The molecule has 1 aliphatic rings. The molecule has 0 aliphatic carbocycles. The molecule has 1 fully saturated rings. The monoisotopic (exact) mass is 260 g/mol. The first-order valence-electron chi connectivity index (χ1n) is 5.51. The van der Waals surface area contributed by atoms with Gasteiger partial charge in [-0.1, -0.05) is 0 Å². The molecule has 0 bridgehead atoms. The highest BCUT2D eigenvalue weighted by Crippen LogP contribution is 1.99. The lowest BCUT2D eigenvalue weighted by Gasteiger charge is -2.28. The van der Waals surface area contributed by atoms with Gasteiger partial charge in [0.15, 0.2) is 0 Å². The molecule has 8 nitrogen and oxygen atoms in total. The van der Waals surface area contributed by atoms with Crippen molar-refractivity contribution in [1.82, 2.24) is 9.80 Å². The molecule has 0 aromatic carbocycles. The Morgan fingerprint density at radius 3 is 2.39 bits per heavy atom. The molecule has 0 atom stereocenters. The Morgan fingerprint density at radius 1 is 1.28 bits per heavy atom. The van der Waals surface area contributed by atoms with E-state index in [0.717, 1.165) is 0 Å². The average molecular weight is 260 g/mol. The number of morpholine rings is 1. The molecular weight excluding hydrogens is 244 g/mol. The topological polar surface area (TPSA) is 107 Å². The van der Waals surface area contributed by atoms with E-state index >= 15 is 0 Å². The SMILES string of the molecule is O=C(O)CN(CCN1CCOC(=O)C1)CC(=O)O. The molecule has 0 radical (unpaired) electrons. The highest BCUT2D eigenvalue weighted by Gasteiger charge is 2.19. The van der Waals surface area contributed by atoms with Crippen LogP contribution in [0.25, 0.3) is 0 Å². The highest BCUT2D eigenvalue weighted by molar-refractivity contribution is 5.73. The van der Waals surface area contributed by atoms with Gasteiger partial charge in [0.05, 0.1) is 19.6 Å². The van der Waals surface area contributed by atoms with Gasteiger partial charge in [0.25, 0.3) is 0 Å². The molecular formula is C10H16N2O6. The first-order chi connectivity index (χ1) is 8.47. The molecule has 1 heterocycles. The van der Waals surface area contributed by atoms with Crippen LogP contribution in [0.1, 0.15) is 0 Å². The quantitative estimate of drug-likeness (QED) is 0.522. The summed E-state index contributed by atoms with van der Waals surface area (Å²) in [7, 11) is 0. The molecule has 0 unspecified atom stereocenters. The fourth-order valence-electron chi connectivity index (χ4n) is 1.67. The number of hydrogen-bond acceptors (Lipinski definition) is 6. The summed E-state index contributed by atoms with van der Waals surface area (Å²) in [4.78, 5) is 35.3. The number of aliphatic carboxylic acids is 2. The second-order valence-corrected chi connectivity index (χ2v) is 3.99. The molecule has 2 N–H and O–H groups in total. The lowest BCUT2D eigenvalue weighted by Crippen LogP contribution is -2.45. The first kappa shape index (κ1) is 14.4. The van der Waals surface area contributed by atoms with Gasteiger partial charge in [-0.2, -0.15) is 0 Å². The summed E-state index contributed by atoms with van der Waals surface area (Å²) < 4.78 is 4.76. The van der Waals surface area contributed by atoms with Crippen LogP contribution in [0.5, 0.6) is 0 Å². The van der Waals surface area contributed by atoms with E-state index in [-0.39, 0.29) is 32.1 Å². The van der Waals surface area contributed by atoms with Crippen LogP contribution in [-0.2, 0) is 19.1 Å². The third-order valence-electron chi connectivity index (χ3n) is 2.47. The van der Waals surface area contributed by atoms with Crippen molar-refractivity contribution in [2.45, 2.75) is 0 Å². The number of ether oxygens (including phenoxy) is 1. The second-order valence-electron chi connectivity index (χ2n) is 3.99. The van der Waals surface area contributed by atoms with Crippen LogP contribution in [0.15, 0.2) is 0 Å². The molecule has 1 rings (SSSR count). The van der Waals surface area contributed by atoms with Gasteiger partial charge in [0.1, 0.15) is 6.61 Å². The average Bonchev–Trinajstić information content (AvgIpc) is 2.24. The van der Waals surface area contributed by atoms with E-state index < -0.39 is 11.9 Å². The minimum atomic E-state index is -1.07. The van der Waals surface area contributed by atoms with Crippen molar-refractivity contribution in [3.63, 3.8) is 0 Å². The molecule has 1 aliphatic heterocycles. The number of hydrogen-bond donors (Lipinski definition) is 2. The maximum Gasteiger partial charge on any atom is 0.320 e. The van der Waals surface area contributed by atoms with Crippen molar-refractivity contribution >= 4 is 17.9 Å². The zero-order valence-corrected chi connectivity index (χ0v) is 9.87. The van der Waals surface area contributed by atoms with Gasteiger partial charge >= 0.3 is 17.9 Å². The van der Waals surface area contributed by atoms with E-state index in [1.54, 1.807) is 0 Å². The smallest absolute Gasteiger partial charge is 0.320 e. The van der Waals surface area contributed by atoms with E-state index in [1.165, 1.54) is 4.90 Å². The van der Waals surface area contributed by atoms with Crippen molar-refractivity contribution in [1.29, 1.82) is 0 Å². The largest absolute Gasteiger partial charge is 0.480 e. The summed E-state index contributed by atoms with van der Waals surface area (Å²) in [6.45, 7) is 1.13. The highest BCUT2D eigenvalue weighted by atomic mass is 16.5. The van der Waals surface area contributed by atoms with Crippen molar-refractivity contribution in [2.24, 2.45) is 0 Å². The minimum absolute atomic E-state index is 0.161. The number of rotatable bonds is 7. The van der Waals surface area contributed by atoms with Crippen LogP contribution >= 0.6 is 0 Å². The Kier molecular flexibility index (Phi) is 5.53. The molecule has 1 saturated heterocycles. The summed E-state index contributed by atoms with van der Waals surface area (Å²) in [6, 6.07) is 0. The predicted octanol–water partition coefficient (Wildman–Crippen LogP) is -1.68. The van der Waals surface area contributed by atoms with E-state index in [0.29, 0.717) is 19.7 Å².